The first-order valence-electron chi connectivity index (χ1n) is 10.4. The largest absolute Gasteiger partial charge is 0.480 e. The smallest absolute Gasteiger partial charge is 0.317 e. The van der Waals surface area contributed by atoms with Crippen LogP contribution in [0.3, 0.4) is 0 Å². The number of nitrogens with zero attached hydrogens (tertiary/aromatic N) is 3. The first-order valence-corrected chi connectivity index (χ1v) is 10.4. The molecule has 4 N–H and O–H groups in total. The van der Waals surface area contributed by atoms with Crippen molar-refractivity contribution < 1.29 is 34.5 Å². The van der Waals surface area contributed by atoms with Crippen LogP contribution in [0.2, 0.25) is 0 Å². The number of hydrogen-bond donors (Lipinski definition) is 4. The Morgan fingerprint density at radius 3 is 1.52 bits per heavy atom. The van der Waals surface area contributed by atoms with Gasteiger partial charge in [0.25, 0.3) is 0 Å². The maximum absolute atomic E-state index is 11.3. The molecule has 31 heavy (non-hydrogen) atoms. The Bertz CT molecular complexity index is 439. The number of aldehydes is 2. The van der Waals surface area contributed by atoms with Gasteiger partial charge >= 0.3 is 11.9 Å². The number of carboxylic acid groups (broad SMARTS) is 2. The van der Waals surface area contributed by atoms with Gasteiger partial charge in [0.2, 0.25) is 0 Å². The number of carboxylic acids is 2. The summed E-state index contributed by atoms with van der Waals surface area (Å²) in [6.07, 6.45) is 2.24. The molecule has 184 valence electrons. The summed E-state index contributed by atoms with van der Waals surface area (Å²) in [6, 6.07) is -0.424. The molecule has 0 radical (unpaired) electrons. The molecule has 1 aliphatic rings. The molecular weight excluding hydrogens is 408 g/mol. The fourth-order valence-corrected chi connectivity index (χ4v) is 2.76. The molecule has 1 rings (SSSR count). The van der Waals surface area contributed by atoms with Crippen molar-refractivity contribution in [3.05, 3.63) is 0 Å². The van der Waals surface area contributed by atoms with E-state index >= 15 is 0 Å². The lowest BCUT2D eigenvalue weighted by Gasteiger charge is -2.29. The van der Waals surface area contributed by atoms with E-state index in [9.17, 15) is 19.2 Å². The third-order valence-electron chi connectivity index (χ3n) is 4.06. The van der Waals surface area contributed by atoms with E-state index in [4.69, 9.17) is 15.3 Å². The molecule has 1 heterocycles. The van der Waals surface area contributed by atoms with Gasteiger partial charge in [0.15, 0.2) is 0 Å². The van der Waals surface area contributed by atoms with Crippen LogP contribution in [-0.4, -0.2) is 134 Å². The van der Waals surface area contributed by atoms with E-state index in [1.54, 1.807) is 9.80 Å². The minimum atomic E-state index is -0.946. The lowest BCUT2D eigenvalue weighted by atomic mass is 10.1. The molecule has 11 nitrogen and oxygen atoms in total. The van der Waals surface area contributed by atoms with Crippen LogP contribution in [0.5, 0.6) is 0 Å². The summed E-state index contributed by atoms with van der Waals surface area (Å²) in [7, 11) is 4.75. The van der Waals surface area contributed by atoms with Gasteiger partial charge in [-0.15, -0.1) is 0 Å². The van der Waals surface area contributed by atoms with Crippen LogP contribution in [0.25, 0.3) is 0 Å². The van der Waals surface area contributed by atoms with Gasteiger partial charge in [-0.05, 0) is 20.5 Å². The molecule has 1 atom stereocenters. The monoisotopic (exact) mass is 450 g/mol. The van der Waals surface area contributed by atoms with E-state index in [0.29, 0.717) is 45.7 Å². The SMILES string of the molecule is CC.CNC.CO.O=CCCC(C=O)N1CCN(CC(=O)O)CCN(CC(=O)O)CC1. The zero-order valence-corrected chi connectivity index (χ0v) is 19.6. The quantitative estimate of drug-likeness (QED) is 0.323. The Hall–Kier alpha value is -1.92. The molecule has 0 aromatic carbocycles. The van der Waals surface area contributed by atoms with Gasteiger partial charge in [-0.3, -0.25) is 24.3 Å². The van der Waals surface area contributed by atoms with Crippen LogP contribution < -0.4 is 5.32 Å². The highest BCUT2D eigenvalue weighted by Gasteiger charge is 2.23. The molecule has 0 aromatic rings. The second-order valence-electron chi connectivity index (χ2n) is 6.32. The molecule has 0 aromatic heterocycles. The molecule has 0 saturated carbocycles. The van der Waals surface area contributed by atoms with E-state index in [2.05, 4.69) is 5.32 Å². The van der Waals surface area contributed by atoms with Gasteiger partial charge in [0.05, 0.1) is 19.1 Å². The topological polar surface area (TPSA) is 151 Å². The summed E-state index contributed by atoms with van der Waals surface area (Å²) in [5.41, 5.74) is 0. The Morgan fingerprint density at radius 1 is 0.871 bits per heavy atom. The van der Waals surface area contributed by atoms with Crippen molar-refractivity contribution in [2.45, 2.75) is 32.7 Å². The third kappa shape index (κ3) is 19.8. The third-order valence-corrected chi connectivity index (χ3v) is 4.06. The van der Waals surface area contributed by atoms with Gasteiger partial charge in [0.1, 0.15) is 12.6 Å². The molecule has 1 fully saturated rings. The summed E-state index contributed by atoms with van der Waals surface area (Å²) in [5, 5.41) is 27.7. The van der Waals surface area contributed by atoms with Crippen molar-refractivity contribution >= 4 is 24.5 Å². The number of carbonyl (C=O) groups is 4. The van der Waals surface area contributed by atoms with Gasteiger partial charge < -0.3 is 30.2 Å². The molecule has 1 unspecified atom stereocenters. The number of carbonyl (C=O) groups excluding carboxylic acids is 2. The van der Waals surface area contributed by atoms with Crippen LogP contribution in [0, 0.1) is 0 Å². The molecule has 0 spiro atoms. The second-order valence-corrected chi connectivity index (χ2v) is 6.32. The van der Waals surface area contributed by atoms with Gasteiger partial charge in [-0.1, -0.05) is 13.8 Å². The normalized spacial score (nSPS) is 16.2. The summed E-state index contributed by atoms with van der Waals surface area (Å²) in [6.45, 7) is 6.58. The second kappa shape index (κ2) is 24.4. The average Bonchev–Trinajstić information content (AvgIpc) is 2.83. The number of rotatable bonds is 9. The van der Waals surface area contributed by atoms with Crippen LogP contribution in [0.15, 0.2) is 0 Å². The molecular formula is C20H42N4O7. The van der Waals surface area contributed by atoms with Crippen molar-refractivity contribution in [3.8, 4) is 0 Å². The molecule has 0 bridgehead atoms. The number of hydrogen-bond acceptors (Lipinski definition) is 9. The summed E-state index contributed by atoms with van der Waals surface area (Å²) in [5.74, 6) is -1.89. The Morgan fingerprint density at radius 2 is 1.23 bits per heavy atom. The predicted molar refractivity (Wildman–Crippen MR) is 119 cm³/mol. The van der Waals surface area contributed by atoms with E-state index in [1.165, 1.54) is 0 Å². The van der Waals surface area contributed by atoms with Gasteiger partial charge in [-0.25, -0.2) is 0 Å². The summed E-state index contributed by atoms with van der Waals surface area (Å²) < 4.78 is 0. The maximum atomic E-state index is 11.3. The fourth-order valence-electron chi connectivity index (χ4n) is 2.76. The highest BCUT2D eigenvalue weighted by molar-refractivity contribution is 5.69. The highest BCUT2D eigenvalue weighted by Crippen LogP contribution is 2.08. The first kappa shape index (κ1) is 33.7. The number of aliphatic hydroxyl groups is 1. The molecule has 11 heteroatoms. The van der Waals surface area contributed by atoms with Crippen LogP contribution in [0.1, 0.15) is 26.7 Å². The molecule has 1 aliphatic heterocycles. The Balaban J connectivity index is -0.000000999. The van der Waals surface area contributed by atoms with Gasteiger partial charge in [0, 0.05) is 52.8 Å². The molecule has 0 aliphatic carbocycles. The minimum Gasteiger partial charge on any atom is -0.480 e. The predicted octanol–water partition coefficient (Wildman–Crippen LogP) is -0.908. The van der Waals surface area contributed by atoms with Crippen LogP contribution in [-0.2, 0) is 19.2 Å². The average molecular weight is 451 g/mol. The lowest BCUT2D eigenvalue weighted by molar-refractivity contribution is -0.140. The maximum Gasteiger partial charge on any atom is 0.317 e. The van der Waals surface area contributed by atoms with Crippen molar-refractivity contribution in [1.29, 1.82) is 0 Å². The van der Waals surface area contributed by atoms with Gasteiger partial charge in [-0.2, -0.15) is 0 Å². The zero-order chi connectivity index (χ0) is 24.7. The van der Waals surface area contributed by atoms with Crippen molar-refractivity contribution in [1.82, 2.24) is 20.0 Å². The summed E-state index contributed by atoms with van der Waals surface area (Å²) >= 11 is 0. The molecule has 1 saturated heterocycles. The van der Waals surface area contributed by atoms with E-state index in [1.807, 2.05) is 32.8 Å². The molecule has 0 amide bonds. The highest BCUT2D eigenvalue weighted by atomic mass is 16.4. The Kier molecular flexibility index (Phi) is 26.5. The van der Waals surface area contributed by atoms with Crippen molar-refractivity contribution in [2.75, 3.05) is 73.6 Å². The van der Waals surface area contributed by atoms with E-state index in [0.717, 1.165) is 19.7 Å². The van der Waals surface area contributed by atoms with Crippen molar-refractivity contribution in [3.63, 3.8) is 0 Å². The number of aliphatic hydroxyl groups excluding tert-OH is 1. The standard InChI is InChI=1S/C15H25N3O6.C2H7N.C2H6.CH4O/c19-9-1-2-13(12-20)18-7-5-16(10-14(21)22)3-4-17(6-8-18)11-15(23)24;1-3-2;2*1-2/h9,12-13H,1-8,10-11H2,(H,21,22)(H,23,24);3H,1-2H3;1-2H3;2H,1H3. The number of aliphatic carboxylic acids is 2. The van der Waals surface area contributed by atoms with Crippen molar-refractivity contribution in [2.24, 2.45) is 0 Å². The van der Waals surface area contributed by atoms with Crippen LogP contribution >= 0.6 is 0 Å². The van der Waals surface area contributed by atoms with E-state index < -0.39 is 18.0 Å². The minimum absolute atomic E-state index is 0.130. The first-order chi connectivity index (χ1) is 14.9. The fraction of sp³-hybridized carbons (Fsp3) is 0.800. The summed E-state index contributed by atoms with van der Waals surface area (Å²) in [4.78, 5) is 49.2. The lowest BCUT2D eigenvalue weighted by Crippen LogP contribution is -2.44. The zero-order valence-electron chi connectivity index (χ0n) is 19.6. The van der Waals surface area contributed by atoms with Crippen LogP contribution in [0.4, 0.5) is 0 Å². The number of nitrogens with one attached hydrogen (secondary N) is 1. The van der Waals surface area contributed by atoms with E-state index in [-0.39, 0.29) is 19.5 Å². The Labute approximate surface area is 186 Å².